The lowest BCUT2D eigenvalue weighted by atomic mass is 10.2. The van der Waals surface area contributed by atoms with Gasteiger partial charge in [0.25, 0.3) is 0 Å². The van der Waals surface area contributed by atoms with E-state index < -0.39 is 0 Å². The van der Waals surface area contributed by atoms with Gasteiger partial charge in [-0.2, -0.15) is 4.99 Å². The van der Waals surface area contributed by atoms with E-state index in [0.29, 0.717) is 16.8 Å². The van der Waals surface area contributed by atoms with Crippen LogP contribution in [0, 0.1) is 0 Å². The third-order valence-corrected chi connectivity index (χ3v) is 3.51. The first-order valence-corrected chi connectivity index (χ1v) is 5.81. The highest BCUT2D eigenvalue weighted by molar-refractivity contribution is 6.29. The minimum atomic E-state index is -0.368. The summed E-state index contributed by atoms with van der Waals surface area (Å²) >= 11 is 5.95. The maximum Gasteiger partial charge on any atom is 0.346 e. The van der Waals surface area contributed by atoms with E-state index in [1.165, 1.54) is 0 Å². The summed E-state index contributed by atoms with van der Waals surface area (Å²) < 4.78 is 1.72. The molecule has 1 unspecified atom stereocenters. The molecule has 0 bridgehead atoms. The summed E-state index contributed by atoms with van der Waals surface area (Å²) in [6.45, 7) is 0. The summed E-state index contributed by atoms with van der Waals surface area (Å²) in [5.41, 5.74) is 5.83. The molecule has 0 spiro atoms. The van der Waals surface area contributed by atoms with E-state index in [1.807, 2.05) is 0 Å². The van der Waals surface area contributed by atoms with Gasteiger partial charge in [0.1, 0.15) is 22.9 Å². The Morgan fingerprint density at radius 1 is 1.53 bits per heavy atom. The first-order valence-electron chi connectivity index (χ1n) is 5.43. The second kappa shape index (κ2) is 3.46. The van der Waals surface area contributed by atoms with Crippen LogP contribution in [0.25, 0.3) is 0 Å². The maximum atomic E-state index is 11.8. The molecule has 2 heterocycles. The van der Waals surface area contributed by atoms with Crippen molar-refractivity contribution in [2.75, 3.05) is 0 Å². The number of carbonyl (C=O) groups is 1. The molecule has 1 aromatic heterocycles. The number of amides is 2. The second-order valence-electron chi connectivity index (χ2n) is 4.36. The number of aliphatic imine (C=N–C) groups is 1. The molecule has 17 heavy (non-hydrogen) atoms. The predicted molar refractivity (Wildman–Crippen MR) is 62.8 cm³/mol. The molecule has 90 valence electrons. The zero-order chi connectivity index (χ0) is 12.2. The number of imidazole rings is 1. The molecule has 0 aromatic carbocycles. The van der Waals surface area contributed by atoms with E-state index in [0.717, 1.165) is 12.8 Å². The summed E-state index contributed by atoms with van der Waals surface area (Å²) in [6.07, 6.45) is 3.56. The van der Waals surface area contributed by atoms with Crippen LogP contribution in [0.1, 0.15) is 24.7 Å². The number of hydrogen-bond acceptors (Lipinski definition) is 3. The highest BCUT2D eigenvalue weighted by Crippen LogP contribution is 2.37. The van der Waals surface area contributed by atoms with Gasteiger partial charge in [0.15, 0.2) is 0 Å². The molecule has 0 saturated heterocycles. The molecule has 1 fully saturated rings. The normalized spacial score (nSPS) is 24.4. The number of urea groups is 1. The van der Waals surface area contributed by atoms with Crippen LogP contribution in [-0.2, 0) is 7.05 Å². The van der Waals surface area contributed by atoms with E-state index in [4.69, 9.17) is 17.3 Å². The fraction of sp³-hybridized carbons (Fsp3) is 0.500. The number of carbonyl (C=O) groups excluding carboxylic acids is 1. The van der Waals surface area contributed by atoms with Gasteiger partial charge in [-0.3, -0.25) is 0 Å². The Kier molecular flexibility index (Phi) is 2.16. The number of aromatic nitrogens is 2. The highest BCUT2D eigenvalue weighted by Gasteiger charge is 2.45. The van der Waals surface area contributed by atoms with E-state index in [9.17, 15) is 4.79 Å². The highest BCUT2D eigenvalue weighted by atomic mass is 35.5. The molecule has 3 rings (SSSR count). The van der Waals surface area contributed by atoms with Crippen molar-refractivity contribution in [3.05, 3.63) is 17.2 Å². The van der Waals surface area contributed by atoms with Crippen LogP contribution in [0.15, 0.2) is 11.2 Å². The lowest BCUT2D eigenvalue weighted by Crippen LogP contribution is -2.36. The Morgan fingerprint density at radius 3 is 2.76 bits per heavy atom. The van der Waals surface area contributed by atoms with Crippen LogP contribution in [0.4, 0.5) is 4.79 Å². The summed E-state index contributed by atoms with van der Waals surface area (Å²) in [7, 11) is 1.80. The van der Waals surface area contributed by atoms with E-state index >= 15 is 0 Å². The number of nitrogens with zero attached hydrogens (tertiary/aromatic N) is 4. The van der Waals surface area contributed by atoms with Crippen molar-refractivity contribution in [1.29, 1.82) is 0 Å². The van der Waals surface area contributed by atoms with Crippen LogP contribution < -0.4 is 5.73 Å². The number of hydrogen-bond donors (Lipinski definition) is 1. The summed E-state index contributed by atoms with van der Waals surface area (Å²) in [4.78, 5) is 21.5. The predicted octanol–water partition coefficient (Wildman–Crippen LogP) is 1.07. The fourth-order valence-electron chi connectivity index (χ4n) is 2.11. The van der Waals surface area contributed by atoms with Gasteiger partial charge in [0.05, 0.1) is 6.20 Å². The molecule has 7 heteroatoms. The first kappa shape index (κ1) is 10.6. The molecule has 1 aliphatic heterocycles. The van der Waals surface area contributed by atoms with Crippen molar-refractivity contribution < 1.29 is 4.79 Å². The van der Waals surface area contributed by atoms with Crippen molar-refractivity contribution in [3.63, 3.8) is 0 Å². The van der Waals surface area contributed by atoms with Gasteiger partial charge in [-0.1, -0.05) is 11.6 Å². The van der Waals surface area contributed by atoms with Gasteiger partial charge < -0.3 is 15.2 Å². The Balaban J connectivity index is 2.02. The van der Waals surface area contributed by atoms with Crippen LogP contribution in [-0.4, -0.2) is 32.4 Å². The van der Waals surface area contributed by atoms with Gasteiger partial charge in [-0.05, 0) is 12.8 Å². The Bertz CT molecular complexity index is 519. The number of halogens is 1. The molecular weight excluding hydrogens is 242 g/mol. The van der Waals surface area contributed by atoms with Gasteiger partial charge in [0.2, 0.25) is 0 Å². The van der Waals surface area contributed by atoms with Crippen LogP contribution >= 0.6 is 11.6 Å². The van der Waals surface area contributed by atoms with Crippen LogP contribution in [0.2, 0.25) is 5.15 Å². The third kappa shape index (κ3) is 1.51. The maximum absolute atomic E-state index is 11.8. The molecule has 1 aliphatic carbocycles. The van der Waals surface area contributed by atoms with Crippen LogP contribution in [0.5, 0.6) is 0 Å². The van der Waals surface area contributed by atoms with Gasteiger partial charge >= 0.3 is 6.03 Å². The molecule has 1 saturated carbocycles. The second-order valence-corrected chi connectivity index (χ2v) is 4.75. The monoisotopic (exact) mass is 253 g/mol. The lowest BCUT2D eigenvalue weighted by molar-refractivity contribution is 0.201. The quantitative estimate of drug-likeness (QED) is 0.857. The van der Waals surface area contributed by atoms with E-state index in [-0.39, 0.29) is 18.1 Å². The van der Waals surface area contributed by atoms with Crippen molar-refractivity contribution in [1.82, 2.24) is 14.5 Å². The SMILES string of the molecule is Cn1c(Cl)cnc1C1C(N)=NC(=O)N1C1CC1. The third-order valence-electron chi connectivity index (χ3n) is 3.16. The van der Waals surface area contributed by atoms with Gasteiger partial charge in [0, 0.05) is 13.1 Å². The molecule has 1 atom stereocenters. The van der Waals surface area contributed by atoms with Gasteiger partial charge in [-0.25, -0.2) is 9.78 Å². The smallest absolute Gasteiger partial charge is 0.346 e. The average molecular weight is 254 g/mol. The minimum absolute atomic E-state index is 0.243. The summed E-state index contributed by atoms with van der Waals surface area (Å²) in [6, 6.07) is -0.394. The van der Waals surface area contributed by atoms with Crippen molar-refractivity contribution in [2.45, 2.75) is 24.9 Å². The van der Waals surface area contributed by atoms with Gasteiger partial charge in [-0.15, -0.1) is 0 Å². The molecular formula is C10H12ClN5O. The minimum Gasteiger partial charge on any atom is -0.385 e. The molecule has 2 amide bonds. The largest absolute Gasteiger partial charge is 0.385 e. The van der Waals surface area contributed by atoms with E-state index in [1.54, 1.807) is 22.7 Å². The number of nitrogens with two attached hydrogens (primary N) is 1. The van der Waals surface area contributed by atoms with Crippen LogP contribution in [0.3, 0.4) is 0 Å². The Labute approximate surface area is 103 Å². The first-order chi connectivity index (χ1) is 8.09. The fourth-order valence-corrected chi connectivity index (χ4v) is 2.25. The Hall–Kier alpha value is -1.56. The standard InChI is InChI=1S/C10H12ClN5O/c1-15-6(11)4-13-9(15)7-8(12)14-10(17)16(7)5-2-3-5/h4-5,7H,2-3H2,1H3,(H2,12,14,17). The zero-order valence-corrected chi connectivity index (χ0v) is 10.1. The lowest BCUT2D eigenvalue weighted by Gasteiger charge is -2.23. The number of rotatable bonds is 2. The molecule has 2 aliphatic rings. The van der Waals surface area contributed by atoms with E-state index in [2.05, 4.69) is 9.98 Å². The topological polar surface area (TPSA) is 76.5 Å². The average Bonchev–Trinajstić information content (AvgIpc) is 3.00. The molecule has 1 aromatic rings. The molecule has 6 nitrogen and oxygen atoms in total. The van der Waals surface area contributed by atoms with Crippen molar-refractivity contribution >= 4 is 23.5 Å². The Morgan fingerprint density at radius 2 is 2.24 bits per heavy atom. The van der Waals surface area contributed by atoms with Crippen molar-refractivity contribution in [2.24, 2.45) is 17.8 Å². The molecule has 0 radical (unpaired) electrons. The number of amidine groups is 1. The zero-order valence-electron chi connectivity index (χ0n) is 9.30. The summed E-state index contributed by atoms with van der Waals surface area (Å²) in [5.74, 6) is 0.960. The summed E-state index contributed by atoms with van der Waals surface area (Å²) in [5, 5.41) is 0.517. The van der Waals surface area contributed by atoms with Crippen molar-refractivity contribution in [3.8, 4) is 0 Å². The molecule has 2 N–H and O–H groups in total.